The van der Waals surface area contributed by atoms with E-state index in [1.54, 1.807) is 10.7 Å². The van der Waals surface area contributed by atoms with Crippen molar-refractivity contribution in [3.63, 3.8) is 0 Å². The van der Waals surface area contributed by atoms with Gasteiger partial charge in [-0.05, 0) is 37.7 Å². The summed E-state index contributed by atoms with van der Waals surface area (Å²) in [4.78, 5) is 12.0. The number of nitrogens with zero attached hydrogens (tertiary/aromatic N) is 2. The largest absolute Gasteiger partial charge is 0.396 e. The topological polar surface area (TPSA) is 67.2 Å². The zero-order chi connectivity index (χ0) is 14.5. The molecule has 0 bridgehead atoms. The van der Waals surface area contributed by atoms with Crippen molar-refractivity contribution in [2.24, 2.45) is 12.5 Å². The Labute approximate surface area is 115 Å². The van der Waals surface area contributed by atoms with Gasteiger partial charge in [-0.15, -0.1) is 0 Å². The molecule has 19 heavy (non-hydrogen) atoms. The third kappa shape index (κ3) is 3.80. The number of hydrogen-bond donors (Lipinski definition) is 2. The SMILES string of the molecule is CCC(CC)(CCO)CNC(=O)c1cc(C)n(C)n1. The van der Waals surface area contributed by atoms with E-state index in [2.05, 4.69) is 24.3 Å². The van der Waals surface area contributed by atoms with E-state index in [-0.39, 0.29) is 17.9 Å². The van der Waals surface area contributed by atoms with Gasteiger partial charge in [0.15, 0.2) is 0 Å². The normalized spacial score (nSPS) is 11.6. The number of hydrogen-bond acceptors (Lipinski definition) is 3. The quantitative estimate of drug-likeness (QED) is 0.789. The second kappa shape index (κ2) is 6.70. The monoisotopic (exact) mass is 267 g/mol. The fraction of sp³-hybridized carbons (Fsp3) is 0.714. The molecule has 0 fully saturated rings. The molecule has 0 saturated heterocycles. The first-order chi connectivity index (χ1) is 8.98. The third-order valence-electron chi connectivity index (χ3n) is 4.11. The average Bonchev–Trinajstić information content (AvgIpc) is 2.74. The van der Waals surface area contributed by atoms with Crippen molar-refractivity contribution in [1.82, 2.24) is 15.1 Å². The number of rotatable bonds is 7. The molecule has 1 rings (SSSR count). The lowest BCUT2D eigenvalue weighted by molar-refractivity contribution is 0.0901. The molecule has 0 saturated carbocycles. The van der Waals surface area contributed by atoms with E-state index >= 15 is 0 Å². The molecule has 0 aliphatic carbocycles. The first-order valence-corrected chi connectivity index (χ1v) is 6.87. The Bertz CT molecular complexity index is 403. The van der Waals surface area contributed by atoms with Gasteiger partial charge in [0.1, 0.15) is 5.69 Å². The maximum Gasteiger partial charge on any atom is 0.271 e. The number of aliphatic hydroxyl groups is 1. The summed E-state index contributed by atoms with van der Waals surface area (Å²) in [5.41, 5.74) is 1.39. The molecule has 0 aromatic carbocycles. The maximum atomic E-state index is 12.0. The van der Waals surface area contributed by atoms with Crippen LogP contribution in [0.1, 0.15) is 49.3 Å². The fourth-order valence-electron chi connectivity index (χ4n) is 2.21. The summed E-state index contributed by atoms with van der Waals surface area (Å²) in [6, 6.07) is 1.78. The highest BCUT2D eigenvalue weighted by Gasteiger charge is 2.26. The number of nitrogens with one attached hydrogen (secondary N) is 1. The van der Waals surface area contributed by atoms with E-state index in [1.807, 2.05) is 14.0 Å². The number of carbonyl (C=O) groups excluding carboxylic acids is 1. The van der Waals surface area contributed by atoms with Crippen molar-refractivity contribution < 1.29 is 9.90 Å². The van der Waals surface area contributed by atoms with Gasteiger partial charge in [0.2, 0.25) is 0 Å². The Morgan fingerprint density at radius 3 is 2.53 bits per heavy atom. The lowest BCUT2D eigenvalue weighted by Gasteiger charge is -2.31. The molecule has 1 amide bonds. The van der Waals surface area contributed by atoms with Gasteiger partial charge in [0.05, 0.1) is 0 Å². The van der Waals surface area contributed by atoms with Crippen molar-refractivity contribution in [3.8, 4) is 0 Å². The highest BCUT2D eigenvalue weighted by atomic mass is 16.3. The molecule has 0 aliphatic heterocycles. The zero-order valence-electron chi connectivity index (χ0n) is 12.4. The van der Waals surface area contributed by atoms with Gasteiger partial charge in [-0.1, -0.05) is 13.8 Å². The lowest BCUT2D eigenvalue weighted by Crippen LogP contribution is -2.37. The molecule has 1 aromatic heterocycles. The fourth-order valence-corrected chi connectivity index (χ4v) is 2.21. The van der Waals surface area contributed by atoms with Crippen molar-refractivity contribution in [2.75, 3.05) is 13.2 Å². The summed E-state index contributed by atoms with van der Waals surface area (Å²) in [7, 11) is 1.82. The summed E-state index contributed by atoms with van der Waals surface area (Å²) in [5, 5.41) is 16.3. The van der Waals surface area contributed by atoms with Crippen LogP contribution < -0.4 is 5.32 Å². The van der Waals surface area contributed by atoms with Crippen LogP contribution in [0.5, 0.6) is 0 Å². The summed E-state index contributed by atoms with van der Waals surface area (Å²) in [6.45, 7) is 6.83. The van der Waals surface area contributed by atoms with Crippen LogP contribution in [0.2, 0.25) is 0 Å². The first-order valence-electron chi connectivity index (χ1n) is 6.87. The molecule has 1 aromatic rings. The number of amides is 1. The first kappa shape index (κ1) is 15.7. The van der Waals surface area contributed by atoms with Crippen molar-refractivity contribution >= 4 is 5.91 Å². The van der Waals surface area contributed by atoms with Gasteiger partial charge in [-0.3, -0.25) is 9.48 Å². The Hall–Kier alpha value is -1.36. The smallest absolute Gasteiger partial charge is 0.271 e. The number of aryl methyl sites for hydroxylation is 2. The summed E-state index contributed by atoms with van der Waals surface area (Å²) >= 11 is 0. The van der Waals surface area contributed by atoms with Crippen LogP contribution in [-0.2, 0) is 7.05 Å². The Morgan fingerprint density at radius 2 is 2.11 bits per heavy atom. The molecule has 0 radical (unpaired) electrons. The van der Waals surface area contributed by atoms with Crippen molar-refractivity contribution in [3.05, 3.63) is 17.5 Å². The maximum absolute atomic E-state index is 12.0. The van der Waals surface area contributed by atoms with Gasteiger partial charge in [-0.25, -0.2) is 0 Å². The lowest BCUT2D eigenvalue weighted by atomic mass is 9.79. The third-order valence-corrected chi connectivity index (χ3v) is 4.11. The van der Waals surface area contributed by atoms with Crippen LogP contribution in [0.4, 0.5) is 0 Å². The molecular formula is C14H25N3O2. The Kier molecular flexibility index (Phi) is 5.54. The second-order valence-corrected chi connectivity index (χ2v) is 5.16. The van der Waals surface area contributed by atoms with E-state index < -0.39 is 0 Å². The van der Waals surface area contributed by atoms with Gasteiger partial charge in [0.25, 0.3) is 5.91 Å². The molecule has 1 heterocycles. The van der Waals surface area contributed by atoms with E-state index in [0.717, 1.165) is 18.5 Å². The predicted octanol–water partition coefficient (Wildman–Crippen LogP) is 1.65. The average molecular weight is 267 g/mol. The molecule has 5 heteroatoms. The number of aliphatic hydroxyl groups excluding tert-OH is 1. The molecule has 0 unspecified atom stereocenters. The summed E-state index contributed by atoms with van der Waals surface area (Å²) in [5.74, 6) is -0.145. The highest BCUT2D eigenvalue weighted by molar-refractivity contribution is 5.92. The standard InChI is InChI=1S/C14H25N3O2/c1-5-14(6-2,7-8-18)10-15-13(19)12-9-11(3)17(4)16-12/h9,18H,5-8,10H2,1-4H3,(H,15,19). The van der Waals surface area contributed by atoms with Crippen LogP contribution >= 0.6 is 0 Å². The Balaban J connectivity index is 2.66. The van der Waals surface area contributed by atoms with Crippen molar-refractivity contribution in [1.29, 1.82) is 0 Å². The molecule has 2 N–H and O–H groups in total. The predicted molar refractivity (Wildman–Crippen MR) is 75.0 cm³/mol. The van der Waals surface area contributed by atoms with Gasteiger partial charge in [0, 0.05) is 25.9 Å². The van der Waals surface area contributed by atoms with E-state index in [1.165, 1.54) is 0 Å². The van der Waals surface area contributed by atoms with Gasteiger partial charge >= 0.3 is 0 Å². The number of carbonyl (C=O) groups is 1. The van der Waals surface area contributed by atoms with Gasteiger partial charge in [-0.2, -0.15) is 5.10 Å². The van der Waals surface area contributed by atoms with E-state index in [9.17, 15) is 4.79 Å². The Morgan fingerprint density at radius 1 is 1.47 bits per heavy atom. The molecule has 0 aliphatic rings. The van der Waals surface area contributed by atoms with Crippen LogP contribution in [-0.4, -0.2) is 33.9 Å². The minimum Gasteiger partial charge on any atom is -0.396 e. The molecule has 5 nitrogen and oxygen atoms in total. The minimum atomic E-state index is -0.145. The molecule has 0 atom stereocenters. The van der Waals surface area contributed by atoms with Gasteiger partial charge < -0.3 is 10.4 Å². The summed E-state index contributed by atoms with van der Waals surface area (Å²) in [6.07, 6.45) is 2.58. The number of aromatic nitrogens is 2. The zero-order valence-corrected chi connectivity index (χ0v) is 12.4. The van der Waals surface area contributed by atoms with E-state index in [0.29, 0.717) is 18.7 Å². The van der Waals surface area contributed by atoms with Crippen LogP contribution in [0.25, 0.3) is 0 Å². The minimum absolute atomic E-state index is 0.0196. The molecular weight excluding hydrogens is 242 g/mol. The summed E-state index contributed by atoms with van der Waals surface area (Å²) < 4.78 is 1.69. The van der Waals surface area contributed by atoms with Crippen LogP contribution in [0, 0.1) is 12.3 Å². The molecule has 108 valence electrons. The van der Waals surface area contributed by atoms with Crippen LogP contribution in [0.15, 0.2) is 6.07 Å². The van der Waals surface area contributed by atoms with Crippen LogP contribution in [0.3, 0.4) is 0 Å². The molecule has 0 spiro atoms. The second-order valence-electron chi connectivity index (χ2n) is 5.16. The highest BCUT2D eigenvalue weighted by Crippen LogP contribution is 2.29. The van der Waals surface area contributed by atoms with E-state index in [4.69, 9.17) is 5.11 Å². The van der Waals surface area contributed by atoms with Crippen molar-refractivity contribution in [2.45, 2.75) is 40.0 Å².